The largest absolute Gasteiger partial charge is 0.485 e. The lowest BCUT2D eigenvalue weighted by Crippen LogP contribution is -2.37. The standard InChI is InChI=1S/C31H38N4O5.H2S/c1-21-29-11-12-34(16-24(29)6-9-31(21)39-19-28-15-32-20-40-28)18-27(37)7-8-30(38)23-4-3-5-25(14-23)33-26-10-13-35(17-26)22(2)36;/h3-6,9,14-15,20,26-27,33,37H,7-8,10-13,16-19H2,1-2H3;1H2/t26?,27-;/m0./s1. The van der Waals surface area contributed by atoms with Gasteiger partial charge in [-0.2, -0.15) is 13.5 Å². The molecule has 2 N–H and O–H groups in total. The topological polar surface area (TPSA) is 108 Å². The average Bonchev–Trinajstić information content (AvgIpc) is 3.64. The Morgan fingerprint density at radius 2 is 2.10 bits per heavy atom. The van der Waals surface area contributed by atoms with Crippen LogP contribution in [0.3, 0.4) is 0 Å². The number of amides is 1. The maximum atomic E-state index is 12.9. The van der Waals surface area contributed by atoms with E-state index in [2.05, 4.69) is 28.2 Å². The molecule has 2 aliphatic heterocycles. The molecule has 0 saturated carbocycles. The maximum absolute atomic E-state index is 12.9. The number of β-amino-alcohol motifs (C(OH)–C–C–N with tert-alkyl or cyclic N) is 1. The number of hydrogen-bond acceptors (Lipinski definition) is 8. The molecule has 2 aliphatic rings. The number of rotatable bonds is 11. The first-order chi connectivity index (χ1) is 19.4. The number of fused-ring (bicyclic) bond motifs is 1. The molecule has 41 heavy (non-hydrogen) atoms. The number of benzene rings is 2. The van der Waals surface area contributed by atoms with E-state index in [4.69, 9.17) is 9.15 Å². The number of oxazole rings is 1. The predicted molar refractivity (Wildman–Crippen MR) is 162 cm³/mol. The lowest BCUT2D eigenvalue weighted by atomic mass is 9.94. The summed E-state index contributed by atoms with van der Waals surface area (Å²) in [5, 5.41) is 14.2. The van der Waals surface area contributed by atoms with E-state index < -0.39 is 6.10 Å². The molecule has 3 aromatic rings. The first-order valence-electron chi connectivity index (χ1n) is 14.0. The highest BCUT2D eigenvalue weighted by Crippen LogP contribution is 2.30. The van der Waals surface area contributed by atoms with Crippen molar-refractivity contribution in [3.63, 3.8) is 0 Å². The van der Waals surface area contributed by atoms with Gasteiger partial charge in [0, 0.05) is 63.4 Å². The van der Waals surface area contributed by atoms with Gasteiger partial charge in [-0.05, 0) is 61.1 Å². The summed E-state index contributed by atoms with van der Waals surface area (Å²) in [5.41, 5.74) is 5.22. The van der Waals surface area contributed by atoms with Crippen molar-refractivity contribution in [3.8, 4) is 5.75 Å². The van der Waals surface area contributed by atoms with Gasteiger partial charge in [0.2, 0.25) is 5.91 Å². The first kappa shape index (κ1) is 30.6. The van der Waals surface area contributed by atoms with Gasteiger partial charge < -0.3 is 24.5 Å². The van der Waals surface area contributed by atoms with Crippen molar-refractivity contribution < 1.29 is 23.8 Å². The number of anilines is 1. The zero-order valence-corrected chi connectivity index (χ0v) is 24.8. The number of carbonyl (C=O) groups is 2. The smallest absolute Gasteiger partial charge is 0.219 e. The SMILES string of the molecule is CC(=O)N1CCC(Nc2cccc(C(=O)CC[C@H](O)CN3CCc4c(ccc(OCc5cnco5)c4C)C3)c2)C1.S. The molecule has 10 heteroatoms. The highest BCUT2D eigenvalue weighted by molar-refractivity contribution is 7.59. The third-order valence-electron chi connectivity index (χ3n) is 7.93. The molecule has 9 nitrogen and oxygen atoms in total. The minimum atomic E-state index is -0.575. The van der Waals surface area contributed by atoms with E-state index >= 15 is 0 Å². The number of nitrogens with one attached hydrogen (secondary N) is 1. The summed E-state index contributed by atoms with van der Waals surface area (Å²) in [5.74, 6) is 1.65. The molecule has 1 aromatic heterocycles. The predicted octanol–water partition coefficient (Wildman–Crippen LogP) is 4.09. The second-order valence-electron chi connectivity index (χ2n) is 10.9. The van der Waals surface area contributed by atoms with Crippen LogP contribution in [0.2, 0.25) is 0 Å². The zero-order chi connectivity index (χ0) is 28.1. The third kappa shape index (κ3) is 7.90. The molecule has 3 heterocycles. The van der Waals surface area contributed by atoms with Crippen LogP contribution < -0.4 is 10.1 Å². The minimum absolute atomic E-state index is 0. The van der Waals surface area contributed by atoms with Crippen molar-refractivity contribution in [3.05, 3.63) is 77.0 Å². The van der Waals surface area contributed by atoms with Crippen molar-refractivity contribution in [1.29, 1.82) is 0 Å². The molecule has 0 spiro atoms. The molecule has 1 unspecified atom stereocenters. The van der Waals surface area contributed by atoms with Crippen LogP contribution in [0.1, 0.15) is 59.0 Å². The fraction of sp³-hybridized carbons (Fsp3) is 0.452. The third-order valence-corrected chi connectivity index (χ3v) is 7.93. The number of likely N-dealkylation sites (tertiary alicyclic amines) is 1. The molecule has 1 fully saturated rings. The summed E-state index contributed by atoms with van der Waals surface area (Å²) >= 11 is 0. The Morgan fingerprint density at radius 1 is 1.24 bits per heavy atom. The van der Waals surface area contributed by atoms with E-state index in [-0.39, 0.29) is 31.2 Å². The Morgan fingerprint density at radius 3 is 2.85 bits per heavy atom. The van der Waals surface area contributed by atoms with Crippen molar-refractivity contribution >= 4 is 30.9 Å². The summed E-state index contributed by atoms with van der Waals surface area (Å²) < 4.78 is 11.2. The van der Waals surface area contributed by atoms with Crippen LogP contribution in [-0.4, -0.2) is 69.9 Å². The van der Waals surface area contributed by atoms with Crippen LogP contribution in [0, 0.1) is 6.92 Å². The van der Waals surface area contributed by atoms with Gasteiger partial charge in [-0.25, -0.2) is 4.98 Å². The Kier molecular flexibility index (Phi) is 10.5. The molecule has 1 amide bonds. The van der Waals surface area contributed by atoms with Crippen molar-refractivity contribution in [2.24, 2.45) is 0 Å². The fourth-order valence-corrected chi connectivity index (χ4v) is 5.67. The highest BCUT2D eigenvalue weighted by atomic mass is 32.1. The van der Waals surface area contributed by atoms with E-state index in [1.165, 1.54) is 17.5 Å². The summed E-state index contributed by atoms with van der Waals surface area (Å²) in [6.45, 7) is 7.60. The number of aliphatic hydroxyl groups excluding tert-OH is 1. The molecule has 1 saturated heterocycles. The first-order valence-corrected chi connectivity index (χ1v) is 14.0. The second-order valence-corrected chi connectivity index (χ2v) is 10.9. The van der Waals surface area contributed by atoms with Gasteiger partial charge >= 0.3 is 0 Å². The Balaban J connectivity index is 0.00000387. The summed E-state index contributed by atoms with van der Waals surface area (Å²) in [6.07, 6.45) is 4.97. The van der Waals surface area contributed by atoms with Crippen LogP contribution in [0.5, 0.6) is 5.75 Å². The molecular formula is C31H40N4O5S. The van der Waals surface area contributed by atoms with Crippen LogP contribution in [0.15, 0.2) is 53.4 Å². The van der Waals surface area contributed by atoms with E-state index in [9.17, 15) is 14.7 Å². The number of aliphatic hydroxyl groups is 1. The quantitative estimate of drug-likeness (QED) is 0.327. The lowest BCUT2D eigenvalue weighted by Gasteiger charge is -2.31. The van der Waals surface area contributed by atoms with Gasteiger partial charge in [-0.3, -0.25) is 14.5 Å². The molecular weight excluding hydrogens is 540 g/mol. The van der Waals surface area contributed by atoms with Crippen molar-refractivity contribution in [2.75, 3.05) is 31.5 Å². The number of hydrogen-bond donors (Lipinski definition) is 2. The monoisotopic (exact) mass is 580 g/mol. The van der Waals surface area contributed by atoms with Gasteiger partial charge in [0.05, 0.1) is 12.3 Å². The van der Waals surface area contributed by atoms with Crippen molar-refractivity contribution in [2.45, 2.75) is 64.8 Å². The number of nitrogens with zero attached hydrogens (tertiary/aromatic N) is 3. The van der Waals surface area contributed by atoms with Gasteiger partial charge in [-0.1, -0.05) is 18.2 Å². The Hall–Kier alpha value is -3.34. The second kappa shape index (κ2) is 14.0. The van der Waals surface area contributed by atoms with Gasteiger partial charge in [-0.15, -0.1) is 0 Å². The number of carbonyl (C=O) groups excluding carboxylic acids is 2. The normalized spacial score (nSPS) is 17.4. The van der Waals surface area contributed by atoms with E-state index in [0.717, 1.165) is 49.5 Å². The van der Waals surface area contributed by atoms with E-state index in [1.807, 2.05) is 35.2 Å². The minimum Gasteiger partial charge on any atom is -0.485 e. The van der Waals surface area contributed by atoms with Gasteiger partial charge in [0.1, 0.15) is 12.4 Å². The number of ketones is 1. The zero-order valence-electron chi connectivity index (χ0n) is 23.8. The van der Waals surface area contributed by atoms with Crippen LogP contribution >= 0.6 is 13.5 Å². The summed E-state index contributed by atoms with van der Waals surface area (Å²) in [7, 11) is 0. The molecule has 0 radical (unpaired) electrons. The lowest BCUT2D eigenvalue weighted by molar-refractivity contribution is -0.127. The van der Waals surface area contributed by atoms with E-state index in [0.29, 0.717) is 43.9 Å². The van der Waals surface area contributed by atoms with Crippen LogP contribution in [0.25, 0.3) is 0 Å². The maximum Gasteiger partial charge on any atom is 0.219 e. The summed E-state index contributed by atoms with van der Waals surface area (Å²) in [4.78, 5) is 32.5. The Bertz CT molecular complexity index is 1330. The van der Waals surface area contributed by atoms with Crippen LogP contribution in [-0.2, 0) is 24.4 Å². The average molecular weight is 581 g/mol. The molecule has 2 aromatic carbocycles. The number of aromatic nitrogens is 1. The molecule has 2 atom stereocenters. The van der Waals surface area contributed by atoms with Gasteiger partial charge in [0.25, 0.3) is 0 Å². The fourth-order valence-electron chi connectivity index (χ4n) is 5.67. The molecule has 0 aliphatic carbocycles. The highest BCUT2D eigenvalue weighted by Gasteiger charge is 2.25. The molecule has 0 bridgehead atoms. The Labute approximate surface area is 248 Å². The number of Topliss-reactive ketones (excluding diaryl/α,β-unsaturated/α-hetero) is 1. The molecule has 5 rings (SSSR count). The van der Waals surface area contributed by atoms with Crippen molar-refractivity contribution in [1.82, 2.24) is 14.8 Å². The van der Waals surface area contributed by atoms with E-state index in [1.54, 1.807) is 13.1 Å². The van der Waals surface area contributed by atoms with Crippen LogP contribution in [0.4, 0.5) is 5.69 Å². The number of ether oxygens (including phenoxy) is 1. The summed E-state index contributed by atoms with van der Waals surface area (Å²) in [6, 6.07) is 11.8. The molecule has 220 valence electrons. The van der Waals surface area contributed by atoms with Gasteiger partial charge in [0.15, 0.2) is 17.9 Å².